The van der Waals surface area contributed by atoms with Gasteiger partial charge >= 0.3 is 11.9 Å². The number of unbranched alkanes of at least 4 members (excludes halogenated alkanes) is 12. The van der Waals surface area contributed by atoms with Gasteiger partial charge in [-0.15, -0.1) is 0 Å². The molecule has 0 radical (unpaired) electrons. The van der Waals surface area contributed by atoms with Gasteiger partial charge in [0.15, 0.2) is 12.4 Å². The zero-order valence-electron chi connectivity index (χ0n) is 31.6. The van der Waals surface area contributed by atoms with Crippen LogP contribution in [-0.4, -0.2) is 89.0 Å². The standard InChI is InChI=1S/C41H70O10/c1-3-5-7-9-11-13-14-15-16-17-18-19-20-22-24-26-28-30-37(44)50-34(33-49-41-40(47)39(46)38(45)35(31-42)51-41)32-48-36(43)29-27-25-23-21-12-10-8-6-4-2/h7,9,13-14,16-17,19-20,34-35,38-42,45-47H,3-6,8,10-12,15,18,21-33H2,1-2H3/b9-7+,14-13+,17-16+,20-19+/t34-,35-,38+,39?,40?,41-/m1/s1. The summed E-state index contributed by atoms with van der Waals surface area (Å²) in [6.07, 6.45) is 28.4. The second kappa shape index (κ2) is 32.3. The monoisotopic (exact) mass is 722 g/mol. The fourth-order valence-corrected chi connectivity index (χ4v) is 5.53. The third-order valence-electron chi connectivity index (χ3n) is 8.70. The highest BCUT2D eigenvalue weighted by molar-refractivity contribution is 5.70. The van der Waals surface area contributed by atoms with Gasteiger partial charge in [-0.3, -0.25) is 9.59 Å². The third kappa shape index (κ3) is 24.5. The molecule has 51 heavy (non-hydrogen) atoms. The van der Waals surface area contributed by atoms with Gasteiger partial charge in [0.25, 0.3) is 0 Å². The molecule has 0 aromatic rings. The number of carbonyl (C=O) groups excluding carboxylic acids is 2. The van der Waals surface area contributed by atoms with Gasteiger partial charge in [0.1, 0.15) is 31.0 Å². The molecule has 1 fully saturated rings. The van der Waals surface area contributed by atoms with E-state index in [1.807, 2.05) is 0 Å². The summed E-state index contributed by atoms with van der Waals surface area (Å²) in [5, 5.41) is 39.9. The molecular weight excluding hydrogens is 652 g/mol. The summed E-state index contributed by atoms with van der Waals surface area (Å²) in [5.41, 5.74) is 0. The van der Waals surface area contributed by atoms with Crippen molar-refractivity contribution in [2.24, 2.45) is 0 Å². The Kier molecular flexibility index (Phi) is 29.6. The van der Waals surface area contributed by atoms with Crippen molar-refractivity contribution in [3.63, 3.8) is 0 Å². The number of allylic oxidation sites excluding steroid dienone is 8. The second-order valence-electron chi connectivity index (χ2n) is 13.4. The molecule has 4 N–H and O–H groups in total. The van der Waals surface area contributed by atoms with Crippen LogP contribution in [0.25, 0.3) is 0 Å². The van der Waals surface area contributed by atoms with Crippen LogP contribution in [-0.2, 0) is 28.5 Å². The van der Waals surface area contributed by atoms with E-state index in [1.165, 1.54) is 38.5 Å². The van der Waals surface area contributed by atoms with Crippen molar-refractivity contribution in [2.45, 2.75) is 179 Å². The van der Waals surface area contributed by atoms with Crippen molar-refractivity contribution in [3.8, 4) is 0 Å². The molecule has 1 rings (SSSR count). The largest absolute Gasteiger partial charge is 0.462 e. The van der Waals surface area contributed by atoms with E-state index in [1.54, 1.807) is 0 Å². The highest BCUT2D eigenvalue weighted by Gasteiger charge is 2.44. The van der Waals surface area contributed by atoms with E-state index < -0.39 is 55.4 Å². The average Bonchev–Trinajstić information content (AvgIpc) is 3.13. The first-order chi connectivity index (χ1) is 24.8. The molecule has 0 amide bonds. The number of carbonyl (C=O) groups is 2. The van der Waals surface area contributed by atoms with E-state index in [4.69, 9.17) is 18.9 Å². The maximum absolute atomic E-state index is 12.7. The molecule has 0 bridgehead atoms. The van der Waals surface area contributed by atoms with Gasteiger partial charge < -0.3 is 39.4 Å². The first kappa shape index (κ1) is 46.7. The molecule has 0 aromatic heterocycles. The zero-order valence-corrected chi connectivity index (χ0v) is 31.6. The molecule has 294 valence electrons. The molecule has 10 heteroatoms. The molecule has 0 spiro atoms. The lowest BCUT2D eigenvalue weighted by Gasteiger charge is -2.39. The number of esters is 2. The highest BCUT2D eigenvalue weighted by Crippen LogP contribution is 2.22. The number of hydrogen-bond donors (Lipinski definition) is 4. The number of rotatable bonds is 31. The van der Waals surface area contributed by atoms with E-state index >= 15 is 0 Å². The van der Waals surface area contributed by atoms with E-state index in [2.05, 4.69) is 62.5 Å². The van der Waals surface area contributed by atoms with Crippen LogP contribution in [0.5, 0.6) is 0 Å². The summed E-state index contributed by atoms with van der Waals surface area (Å²) in [4.78, 5) is 25.1. The van der Waals surface area contributed by atoms with Crippen molar-refractivity contribution < 1.29 is 49.0 Å². The number of ether oxygens (including phenoxy) is 4. The number of aliphatic hydroxyl groups excluding tert-OH is 4. The number of aliphatic hydroxyl groups is 4. The summed E-state index contributed by atoms with van der Waals surface area (Å²) in [6.45, 7) is 3.27. The molecule has 1 aliphatic rings. The molecule has 6 atom stereocenters. The summed E-state index contributed by atoms with van der Waals surface area (Å²) >= 11 is 0. The zero-order chi connectivity index (χ0) is 37.4. The quantitative estimate of drug-likeness (QED) is 0.0325. The molecule has 1 aliphatic heterocycles. The summed E-state index contributed by atoms with van der Waals surface area (Å²) < 4.78 is 22.0. The Morgan fingerprint density at radius 2 is 1.14 bits per heavy atom. The van der Waals surface area contributed by atoms with Gasteiger partial charge in [-0.2, -0.15) is 0 Å². The molecule has 1 saturated heterocycles. The van der Waals surface area contributed by atoms with Gasteiger partial charge in [0.05, 0.1) is 13.2 Å². The first-order valence-electron chi connectivity index (χ1n) is 19.7. The van der Waals surface area contributed by atoms with Crippen LogP contribution < -0.4 is 0 Å². The Bertz CT molecular complexity index is 975. The average molecular weight is 723 g/mol. The Morgan fingerprint density at radius 1 is 0.608 bits per heavy atom. The molecule has 1 heterocycles. The third-order valence-corrected chi connectivity index (χ3v) is 8.70. The lowest BCUT2D eigenvalue weighted by Crippen LogP contribution is -2.59. The first-order valence-corrected chi connectivity index (χ1v) is 19.7. The van der Waals surface area contributed by atoms with Crippen molar-refractivity contribution in [1.29, 1.82) is 0 Å². The molecular formula is C41H70O10. The lowest BCUT2D eigenvalue weighted by atomic mass is 9.99. The molecule has 0 aliphatic carbocycles. The maximum atomic E-state index is 12.7. The maximum Gasteiger partial charge on any atom is 0.306 e. The van der Waals surface area contributed by atoms with Crippen LogP contribution in [0.15, 0.2) is 48.6 Å². The van der Waals surface area contributed by atoms with E-state index in [0.717, 1.165) is 70.6 Å². The van der Waals surface area contributed by atoms with Crippen LogP contribution in [0, 0.1) is 0 Å². The van der Waals surface area contributed by atoms with E-state index in [-0.39, 0.29) is 26.1 Å². The van der Waals surface area contributed by atoms with Gasteiger partial charge in [0, 0.05) is 12.8 Å². The van der Waals surface area contributed by atoms with Gasteiger partial charge in [-0.1, -0.05) is 127 Å². The normalized spacial score (nSPS) is 21.7. The van der Waals surface area contributed by atoms with Crippen LogP contribution in [0.2, 0.25) is 0 Å². The van der Waals surface area contributed by atoms with E-state index in [0.29, 0.717) is 6.42 Å². The molecule has 0 aromatic carbocycles. The van der Waals surface area contributed by atoms with Crippen molar-refractivity contribution >= 4 is 11.9 Å². The van der Waals surface area contributed by atoms with Crippen molar-refractivity contribution in [1.82, 2.24) is 0 Å². The number of hydrogen-bond acceptors (Lipinski definition) is 10. The minimum atomic E-state index is -1.60. The Labute approximate surface area is 308 Å². The fraction of sp³-hybridized carbons (Fsp3) is 0.756. The second-order valence-corrected chi connectivity index (χ2v) is 13.4. The van der Waals surface area contributed by atoms with Crippen LogP contribution in [0.3, 0.4) is 0 Å². The predicted molar refractivity (Wildman–Crippen MR) is 201 cm³/mol. The highest BCUT2D eigenvalue weighted by atomic mass is 16.7. The minimum absolute atomic E-state index is 0.192. The Balaban J connectivity index is 2.41. The summed E-state index contributed by atoms with van der Waals surface area (Å²) in [5.74, 6) is -0.850. The van der Waals surface area contributed by atoms with Crippen LogP contribution in [0.1, 0.15) is 142 Å². The van der Waals surface area contributed by atoms with Crippen LogP contribution in [0.4, 0.5) is 0 Å². The van der Waals surface area contributed by atoms with Crippen molar-refractivity contribution in [2.75, 3.05) is 19.8 Å². The molecule has 2 unspecified atom stereocenters. The Morgan fingerprint density at radius 3 is 1.73 bits per heavy atom. The van der Waals surface area contributed by atoms with Crippen molar-refractivity contribution in [3.05, 3.63) is 48.6 Å². The Hall–Kier alpha value is -2.34. The summed E-state index contributed by atoms with van der Waals surface area (Å²) in [6, 6.07) is 0. The SMILES string of the molecule is CCC/C=C/C/C=C/C/C=C/C/C=C/CCCCCC(=O)O[C@H](COC(=O)CCCCCCCCCCC)CO[C@@H]1O[C@H](CO)[C@H](O)C(O)C1O. The van der Waals surface area contributed by atoms with Gasteiger partial charge in [-0.05, 0) is 51.4 Å². The lowest BCUT2D eigenvalue weighted by molar-refractivity contribution is -0.305. The van der Waals surface area contributed by atoms with Crippen LogP contribution >= 0.6 is 0 Å². The summed E-state index contributed by atoms with van der Waals surface area (Å²) in [7, 11) is 0. The topological polar surface area (TPSA) is 152 Å². The minimum Gasteiger partial charge on any atom is -0.462 e. The fourth-order valence-electron chi connectivity index (χ4n) is 5.53. The predicted octanol–water partition coefficient (Wildman–Crippen LogP) is 7.32. The molecule has 10 nitrogen and oxygen atoms in total. The molecule has 0 saturated carbocycles. The smallest absolute Gasteiger partial charge is 0.306 e. The van der Waals surface area contributed by atoms with E-state index in [9.17, 15) is 30.0 Å². The van der Waals surface area contributed by atoms with Gasteiger partial charge in [0.2, 0.25) is 0 Å². The van der Waals surface area contributed by atoms with Gasteiger partial charge in [-0.25, -0.2) is 0 Å².